The fraction of sp³-hybridized carbons (Fsp3) is 0.483. The third kappa shape index (κ3) is 8.33. The van der Waals surface area contributed by atoms with Crippen molar-refractivity contribution in [3.8, 4) is 5.75 Å². The number of halogens is 1. The van der Waals surface area contributed by atoms with Gasteiger partial charge in [0.05, 0.1) is 11.5 Å². The molecule has 0 aromatic heterocycles. The molecule has 2 fully saturated rings. The molecule has 1 heterocycles. The van der Waals surface area contributed by atoms with Crippen molar-refractivity contribution in [2.24, 2.45) is 4.40 Å². The van der Waals surface area contributed by atoms with Crippen molar-refractivity contribution >= 4 is 60.4 Å². The monoisotopic (exact) mass is 649 g/mol. The normalized spacial score (nSPS) is 19.2. The average molecular weight is 651 g/mol. The van der Waals surface area contributed by atoms with Gasteiger partial charge in [0.15, 0.2) is 5.17 Å². The van der Waals surface area contributed by atoms with Crippen LogP contribution in [0.15, 0.2) is 62.3 Å². The molecule has 40 heavy (non-hydrogen) atoms. The molecule has 4 rings (SSSR count). The number of hydrogen-bond acceptors (Lipinski definition) is 6. The van der Waals surface area contributed by atoms with E-state index < -0.39 is 15.3 Å². The van der Waals surface area contributed by atoms with Crippen molar-refractivity contribution in [1.29, 1.82) is 0 Å². The van der Waals surface area contributed by atoms with Crippen LogP contribution in [0.3, 0.4) is 0 Å². The Labute approximate surface area is 249 Å². The lowest BCUT2D eigenvalue weighted by Gasteiger charge is -2.30. The fourth-order valence-electron chi connectivity index (χ4n) is 4.85. The van der Waals surface area contributed by atoms with Crippen LogP contribution in [-0.2, 0) is 19.6 Å². The second-order valence-corrected chi connectivity index (χ2v) is 13.8. The number of thioether (sulfide) groups is 1. The van der Waals surface area contributed by atoms with Gasteiger partial charge in [-0.2, -0.15) is 8.42 Å². The van der Waals surface area contributed by atoms with E-state index in [1.165, 1.54) is 29.9 Å². The number of nitrogens with one attached hydrogen (secondary N) is 1. The molecule has 1 saturated carbocycles. The molecular weight excluding hydrogens is 614 g/mol. The van der Waals surface area contributed by atoms with E-state index in [9.17, 15) is 18.0 Å². The minimum atomic E-state index is -4.03. The lowest BCUT2D eigenvalue weighted by Crippen LogP contribution is -2.42. The maximum absolute atomic E-state index is 13.5. The number of benzene rings is 2. The number of anilines is 1. The molecule has 0 radical (unpaired) electrons. The molecule has 1 aliphatic carbocycles. The van der Waals surface area contributed by atoms with Gasteiger partial charge in [0, 0.05) is 22.6 Å². The Morgan fingerprint density at radius 2 is 1.75 bits per heavy atom. The first-order valence-electron chi connectivity index (χ1n) is 13.9. The van der Waals surface area contributed by atoms with Crippen molar-refractivity contribution < 1.29 is 22.7 Å². The van der Waals surface area contributed by atoms with Crippen molar-refractivity contribution in [3.63, 3.8) is 0 Å². The Morgan fingerprint density at radius 3 is 2.42 bits per heavy atom. The smallest absolute Gasteiger partial charge is 0.284 e. The van der Waals surface area contributed by atoms with Crippen molar-refractivity contribution in [2.75, 3.05) is 11.9 Å². The first-order valence-corrected chi connectivity index (χ1v) is 17.0. The largest absolute Gasteiger partial charge is 0.494 e. The third-order valence-corrected chi connectivity index (χ3v) is 10.1. The van der Waals surface area contributed by atoms with E-state index in [-0.39, 0.29) is 34.3 Å². The Balaban J connectivity index is 1.42. The summed E-state index contributed by atoms with van der Waals surface area (Å²) in [5.41, 5.74) is 0.606. The zero-order valence-electron chi connectivity index (χ0n) is 22.7. The molecule has 8 nitrogen and oxygen atoms in total. The van der Waals surface area contributed by atoms with Crippen molar-refractivity contribution in [1.82, 2.24) is 4.90 Å². The molecular formula is C29H36BrN3O5S2. The SMILES string of the molecule is CCCCCCOc1ccc(NC(=O)CC2S/C(=N/S(=O)(=O)c3ccc(Br)cc3)N(C3CCCCC3)C2=O)cc1. The average Bonchev–Trinajstić information content (AvgIpc) is 3.23. The standard InChI is InChI=1S/C29H36BrN3O5S2/c1-2-3-4-8-19-38-24-15-13-22(14-16-24)31-27(34)20-26-28(35)33(23-9-6-5-7-10-23)29(39-26)32-40(36,37)25-17-11-21(30)12-18-25/h11-18,23,26H,2-10,19-20H2,1H3,(H,31,34)/b32-29+. The van der Waals surface area contributed by atoms with E-state index in [0.717, 1.165) is 66.9 Å². The van der Waals surface area contributed by atoms with Crippen LogP contribution in [0.2, 0.25) is 0 Å². The highest BCUT2D eigenvalue weighted by Gasteiger charge is 2.43. The van der Waals surface area contributed by atoms with Gasteiger partial charge >= 0.3 is 0 Å². The van der Waals surface area contributed by atoms with Gasteiger partial charge < -0.3 is 10.1 Å². The van der Waals surface area contributed by atoms with Crippen LogP contribution < -0.4 is 10.1 Å². The van der Waals surface area contributed by atoms with Crippen LogP contribution in [0.1, 0.15) is 71.1 Å². The van der Waals surface area contributed by atoms with E-state index >= 15 is 0 Å². The molecule has 1 aliphatic heterocycles. The van der Waals surface area contributed by atoms with Crippen LogP contribution in [-0.4, -0.2) is 48.2 Å². The number of carbonyl (C=O) groups excluding carboxylic acids is 2. The van der Waals surface area contributed by atoms with Gasteiger partial charge in [0.1, 0.15) is 11.0 Å². The van der Waals surface area contributed by atoms with Gasteiger partial charge in [-0.05, 0) is 67.8 Å². The summed E-state index contributed by atoms with van der Waals surface area (Å²) in [5, 5.41) is 2.26. The summed E-state index contributed by atoms with van der Waals surface area (Å²) in [6.45, 7) is 2.83. The number of rotatable bonds is 12. The predicted molar refractivity (Wildman–Crippen MR) is 163 cm³/mol. The molecule has 1 N–H and O–H groups in total. The molecule has 0 spiro atoms. The topological polar surface area (TPSA) is 105 Å². The molecule has 2 aromatic carbocycles. The summed E-state index contributed by atoms with van der Waals surface area (Å²) in [4.78, 5) is 28.0. The first kappa shape index (κ1) is 30.6. The van der Waals surface area contributed by atoms with Crippen LogP contribution in [0.4, 0.5) is 5.69 Å². The number of amides is 2. The lowest BCUT2D eigenvalue weighted by atomic mass is 9.94. The zero-order chi connectivity index (χ0) is 28.5. The number of hydrogen-bond donors (Lipinski definition) is 1. The van der Waals surface area contributed by atoms with Crippen LogP contribution >= 0.6 is 27.7 Å². The van der Waals surface area contributed by atoms with Crippen LogP contribution in [0.5, 0.6) is 5.75 Å². The van der Waals surface area contributed by atoms with E-state index in [2.05, 4.69) is 32.6 Å². The Morgan fingerprint density at radius 1 is 1.05 bits per heavy atom. The lowest BCUT2D eigenvalue weighted by molar-refractivity contribution is -0.130. The van der Waals surface area contributed by atoms with Gasteiger partial charge in [0.2, 0.25) is 11.8 Å². The summed E-state index contributed by atoms with van der Waals surface area (Å²) >= 11 is 4.37. The zero-order valence-corrected chi connectivity index (χ0v) is 25.9. The summed E-state index contributed by atoms with van der Waals surface area (Å²) in [6, 6.07) is 13.3. The molecule has 1 atom stereocenters. The Bertz CT molecular complexity index is 1290. The summed E-state index contributed by atoms with van der Waals surface area (Å²) in [7, 11) is -4.03. The number of unbranched alkanes of at least 4 members (excludes halogenated alkanes) is 3. The molecule has 2 aliphatic rings. The maximum atomic E-state index is 13.5. The first-order chi connectivity index (χ1) is 19.3. The van der Waals surface area contributed by atoms with Gasteiger partial charge in [-0.25, -0.2) is 0 Å². The molecule has 1 saturated heterocycles. The second-order valence-electron chi connectivity index (χ2n) is 10.1. The van der Waals surface area contributed by atoms with Gasteiger partial charge in [-0.1, -0.05) is 73.1 Å². The van der Waals surface area contributed by atoms with E-state index in [1.807, 2.05) is 12.1 Å². The predicted octanol–water partition coefficient (Wildman–Crippen LogP) is 6.76. The highest BCUT2D eigenvalue weighted by molar-refractivity contribution is 9.10. The number of ether oxygens (including phenoxy) is 1. The second kappa shape index (κ2) is 14.5. The Kier molecular flexibility index (Phi) is 11.1. The number of amidine groups is 1. The van der Waals surface area contributed by atoms with Gasteiger partial charge in [-0.3, -0.25) is 14.5 Å². The van der Waals surface area contributed by atoms with Crippen molar-refractivity contribution in [3.05, 3.63) is 53.0 Å². The van der Waals surface area contributed by atoms with Crippen LogP contribution in [0.25, 0.3) is 0 Å². The molecule has 2 amide bonds. The van der Waals surface area contributed by atoms with E-state index in [4.69, 9.17) is 4.74 Å². The maximum Gasteiger partial charge on any atom is 0.284 e. The minimum Gasteiger partial charge on any atom is -0.494 e. The molecule has 2 aromatic rings. The van der Waals surface area contributed by atoms with E-state index in [1.54, 1.807) is 24.3 Å². The number of carbonyl (C=O) groups is 2. The number of nitrogens with zero attached hydrogens (tertiary/aromatic N) is 2. The fourth-order valence-corrected chi connectivity index (χ4v) is 7.52. The molecule has 1 unspecified atom stereocenters. The third-order valence-electron chi connectivity index (χ3n) is 6.99. The van der Waals surface area contributed by atoms with E-state index in [0.29, 0.717) is 12.3 Å². The number of sulfonamides is 1. The minimum absolute atomic E-state index is 0.0504. The molecule has 11 heteroatoms. The van der Waals surface area contributed by atoms with Gasteiger partial charge in [0.25, 0.3) is 10.0 Å². The van der Waals surface area contributed by atoms with Crippen molar-refractivity contribution in [2.45, 2.75) is 87.3 Å². The summed E-state index contributed by atoms with van der Waals surface area (Å²) < 4.78 is 36.8. The molecule has 216 valence electrons. The highest BCUT2D eigenvalue weighted by atomic mass is 79.9. The summed E-state index contributed by atoms with van der Waals surface area (Å²) in [6.07, 6.45) is 9.04. The summed E-state index contributed by atoms with van der Waals surface area (Å²) in [5.74, 6) is 0.162. The Hall–Kier alpha value is -2.37. The molecule has 0 bridgehead atoms. The highest BCUT2D eigenvalue weighted by Crippen LogP contribution is 2.36. The van der Waals surface area contributed by atoms with Gasteiger partial charge in [-0.15, -0.1) is 4.40 Å². The van der Waals surface area contributed by atoms with Crippen LogP contribution in [0, 0.1) is 0 Å². The quantitative estimate of drug-likeness (QED) is 0.255.